The summed E-state index contributed by atoms with van der Waals surface area (Å²) in [6.45, 7) is 5.10. The van der Waals surface area contributed by atoms with E-state index in [1.54, 1.807) is 9.80 Å². The number of carbonyl (C=O) groups excluding carboxylic acids is 1. The summed E-state index contributed by atoms with van der Waals surface area (Å²) in [4.78, 5) is 15.7. The van der Waals surface area contributed by atoms with Gasteiger partial charge in [0.25, 0.3) is 0 Å². The van der Waals surface area contributed by atoms with Gasteiger partial charge in [-0.2, -0.15) is 18.3 Å². The first kappa shape index (κ1) is 24.6. The Kier molecular flexibility index (Phi) is 6.69. The third-order valence-corrected chi connectivity index (χ3v) is 6.74. The first-order valence-electron chi connectivity index (χ1n) is 11.3. The fourth-order valence-electron chi connectivity index (χ4n) is 4.93. The van der Waals surface area contributed by atoms with Gasteiger partial charge in [0.05, 0.1) is 17.8 Å². The summed E-state index contributed by atoms with van der Waals surface area (Å²) in [5.74, 6) is -4.09. The van der Waals surface area contributed by atoms with Gasteiger partial charge in [0.1, 0.15) is 5.69 Å². The van der Waals surface area contributed by atoms with Gasteiger partial charge in [-0.1, -0.05) is 19.9 Å². The molecule has 1 fully saturated rings. The number of nitrogens with one attached hydrogen (secondary N) is 1. The first-order valence-corrected chi connectivity index (χ1v) is 11.3. The molecule has 6 nitrogen and oxygen atoms in total. The molecule has 4 rings (SSSR count). The van der Waals surface area contributed by atoms with Gasteiger partial charge in [0.2, 0.25) is 5.91 Å². The molecule has 1 unspecified atom stereocenters. The number of piperidine rings is 1. The number of likely N-dealkylation sites (tertiary alicyclic amines) is 1. The van der Waals surface area contributed by atoms with Crippen molar-refractivity contribution in [3.63, 3.8) is 0 Å². The van der Waals surface area contributed by atoms with E-state index in [-0.39, 0.29) is 43.3 Å². The summed E-state index contributed by atoms with van der Waals surface area (Å²) in [6, 6.07) is 1.73. The summed E-state index contributed by atoms with van der Waals surface area (Å²) in [6.07, 6.45) is -5.03. The summed E-state index contributed by atoms with van der Waals surface area (Å²) in [7, 11) is 0. The number of hydrogen-bond donors (Lipinski definition) is 2. The van der Waals surface area contributed by atoms with E-state index in [0.717, 1.165) is 23.4 Å². The zero-order valence-electron chi connectivity index (χ0n) is 18.9. The molecular formula is C23H27F5N4O2. The lowest BCUT2D eigenvalue weighted by Gasteiger charge is -2.36. The number of halogens is 5. The lowest BCUT2D eigenvalue weighted by Crippen LogP contribution is -2.39. The van der Waals surface area contributed by atoms with Crippen LogP contribution in [0, 0.1) is 17.6 Å². The van der Waals surface area contributed by atoms with Crippen LogP contribution in [0.4, 0.5) is 22.0 Å². The normalized spacial score (nSPS) is 18.9. The quantitative estimate of drug-likeness (QED) is 0.638. The van der Waals surface area contributed by atoms with Crippen molar-refractivity contribution in [2.24, 2.45) is 5.92 Å². The van der Waals surface area contributed by atoms with Crippen molar-refractivity contribution >= 4 is 5.91 Å². The van der Waals surface area contributed by atoms with Gasteiger partial charge < -0.3 is 10.0 Å². The average molecular weight is 486 g/mol. The lowest BCUT2D eigenvalue weighted by molar-refractivity contribution is -0.141. The molecule has 2 aliphatic heterocycles. The van der Waals surface area contributed by atoms with E-state index in [2.05, 4.69) is 10.2 Å². The Hall–Kier alpha value is -2.53. The smallest absolute Gasteiger partial charge is 0.372 e. The first-order chi connectivity index (χ1) is 16.0. The number of nitrogens with zero attached hydrogens (tertiary/aromatic N) is 3. The number of aliphatic hydroxyl groups is 1. The second kappa shape index (κ2) is 9.26. The van der Waals surface area contributed by atoms with Crippen molar-refractivity contribution in [1.29, 1.82) is 0 Å². The highest BCUT2D eigenvalue weighted by Crippen LogP contribution is 2.41. The number of fused-ring (bicyclic) bond motifs is 1. The molecule has 34 heavy (non-hydrogen) atoms. The zero-order chi connectivity index (χ0) is 24.8. The van der Waals surface area contributed by atoms with Crippen molar-refractivity contribution in [2.45, 2.75) is 58.0 Å². The van der Waals surface area contributed by atoms with Crippen LogP contribution in [0.25, 0.3) is 0 Å². The number of rotatable bonds is 4. The fourth-order valence-corrected chi connectivity index (χ4v) is 4.93. The minimum Gasteiger partial charge on any atom is -0.372 e. The van der Waals surface area contributed by atoms with Gasteiger partial charge in [-0.15, -0.1) is 0 Å². The van der Waals surface area contributed by atoms with Crippen LogP contribution in [-0.4, -0.2) is 50.6 Å². The molecule has 0 bridgehead atoms. The van der Waals surface area contributed by atoms with E-state index in [0.29, 0.717) is 25.2 Å². The lowest BCUT2D eigenvalue weighted by atomic mass is 9.85. The Morgan fingerprint density at radius 2 is 1.85 bits per heavy atom. The maximum atomic E-state index is 14.0. The van der Waals surface area contributed by atoms with Crippen LogP contribution in [0.2, 0.25) is 0 Å². The monoisotopic (exact) mass is 486 g/mol. The molecule has 2 aromatic rings. The van der Waals surface area contributed by atoms with E-state index < -0.39 is 35.5 Å². The van der Waals surface area contributed by atoms with Crippen LogP contribution in [0.1, 0.15) is 66.9 Å². The van der Waals surface area contributed by atoms with Gasteiger partial charge in [-0.3, -0.25) is 14.8 Å². The summed E-state index contributed by atoms with van der Waals surface area (Å²) >= 11 is 0. The third-order valence-electron chi connectivity index (χ3n) is 6.74. The molecule has 2 N–H and O–H groups in total. The van der Waals surface area contributed by atoms with Crippen LogP contribution in [0.15, 0.2) is 12.1 Å². The van der Waals surface area contributed by atoms with Gasteiger partial charge in [0.15, 0.2) is 17.9 Å². The van der Waals surface area contributed by atoms with Crippen LogP contribution in [0.5, 0.6) is 0 Å². The molecule has 3 heterocycles. The van der Waals surface area contributed by atoms with E-state index in [9.17, 15) is 31.9 Å². The number of aromatic amines is 1. The van der Waals surface area contributed by atoms with Crippen molar-refractivity contribution < 1.29 is 31.9 Å². The van der Waals surface area contributed by atoms with Gasteiger partial charge in [-0.25, -0.2) is 8.78 Å². The number of hydrogen-bond acceptors (Lipinski definition) is 4. The molecule has 1 amide bonds. The minimum absolute atomic E-state index is 0.0416. The maximum absolute atomic E-state index is 14.0. The largest absolute Gasteiger partial charge is 0.419 e. The molecule has 1 atom stereocenters. The molecule has 1 aromatic carbocycles. The predicted octanol–water partition coefficient (Wildman–Crippen LogP) is 4.12. The number of alkyl halides is 3. The van der Waals surface area contributed by atoms with Crippen molar-refractivity contribution in [3.05, 3.63) is 51.8 Å². The highest BCUT2D eigenvalue weighted by Gasteiger charge is 2.41. The SMILES string of the molecule is CC(C)C(=O)N1CCc2c(C(O)N3CCC(c4ccc(F)c(F)c4C(F)(F)F)CC3)n[nH]c2C1. The number of carbonyl (C=O) groups is 1. The van der Waals surface area contributed by atoms with Gasteiger partial charge in [0, 0.05) is 31.1 Å². The molecule has 0 spiro atoms. The molecule has 2 aliphatic rings. The topological polar surface area (TPSA) is 72.5 Å². The molecule has 186 valence electrons. The Morgan fingerprint density at radius 3 is 2.47 bits per heavy atom. The second-order valence-electron chi connectivity index (χ2n) is 9.24. The molecule has 0 aliphatic carbocycles. The standard InChI is InChI=1S/C23H27F5N4O2/c1-12(2)21(33)32-10-7-15-17(11-32)29-30-20(15)22(34)31-8-5-13(6-9-31)14-3-4-16(24)19(25)18(14)23(26,27)28/h3-4,12-13,22,34H,5-11H2,1-2H3,(H,29,30). The number of H-pyrrole nitrogens is 1. The van der Waals surface area contributed by atoms with Crippen LogP contribution < -0.4 is 0 Å². The van der Waals surface area contributed by atoms with Crippen LogP contribution in [0.3, 0.4) is 0 Å². The maximum Gasteiger partial charge on any atom is 0.419 e. The molecule has 1 aromatic heterocycles. The highest BCUT2D eigenvalue weighted by atomic mass is 19.4. The Bertz CT molecular complexity index is 1060. The van der Waals surface area contributed by atoms with E-state index in [1.165, 1.54) is 0 Å². The summed E-state index contributed by atoms with van der Waals surface area (Å²) in [5.41, 5.74) is 0.262. The molecule has 0 radical (unpaired) electrons. The summed E-state index contributed by atoms with van der Waals surface area (Å²) in [5, 5.41) is 18.1. The Balaban J connectivity index is 1.46. The molecular weight excluding hydrogens is 459 g/mol. The van der Waals surface area contributed by atoms with E-state index in [1.807, 2.05) is 13.8 Å². The number of benzene rings is 1. The second-order valence-corrected chi connectivity index (χ2v) is 9.24. The van der Waals surface area contributed by atoms with E-state index in [4.69, 9.17) is 0 Å². The third kappa shape index (κ3) is 4.55. The number of aliphatic hydroxyl groups excluding tert-OH is 1. The minimum atomic E-state index is -5.00. The van der Waals surface area contributed by atoms with E-state index >= 15 is 0 Å². The van der Waals surface area contributed by atoms with Gasteiger partial charge >= 0.3 is 6.18 Å². The van der Waals surface area contributed by atoms with Crippen LogP contribution in [-0.2, 0) is 23.9 Å². The average Bonchev–Trinajstić information content (AvgIpc) is 3.22. The number of aromatic nitrogens is 2. The van der Waals surface area contributed by atoms with Crippen molar-refractivity contribution in [3.8, 4) is 0 Å². The predicted molar refractivity (Wildman–Crippen MR) is 112 cm³/mol. The molecule has 11 heteroatoms. The highest BCUT2D eigenvalue weighted by molar-refractivity contribution is 5.78. The summed E-state index contributed by atoms with van der Waals surface area (Å²) < 4.78 is 67.8. The van der Waals surface area contributed by atoms with Crippen molar-refractivity contribution in [1.82, 2.24) is 20.0 Å². The fraction of sp³-hybridized carbons (Fsp3) is 0.565. The molecule has 1 saturated heterocycles. The molecule has 0 saturated carbocycles. The number of amides is 1. The Morgan fingerprint density at radius 1 is 1.18 bits per heavy atom. The zero-order valence-corrected chi connectivity index (χ0v) is 18.9. The van der Waals surface area contributed by atoms with Crippen molar-refractivity contribution in [2.75, 3.05) is 19.6 Å². The van der Waals surface area contributed by atoms with Crippen LogP contribution >= 0.6 is 0 Å². The Labute approximate surface area is 193 Å². The van der Waals surface area contributed by atoms with Gasteiger partial charge in [-0.05, 0) is 36.8 Å².